The number of aromatic carboxylic acids is 1. The molecule has 3 nitrogen and oxygen atoms in total. The van der Waals surface area contributed by atoms with Gasteiger partial charge in [-0.3, -0.25) is 0 Å². The van der Waals surface area contributed by atoms with Crippen molar-refractivity contribution in [3.8, 4) is 0 Å². The lowest BCUT2D eigenvalue weighted by atomic mass is 9.79. The van der Waals surface area contributed by atoms with E-state index < -0.39 is 5.97 Å². The van der Waals surface area contributed by atoms with E-state index in [2.05, 4.69) is 25.7 Å². The predicted molar refractivity (Wildman–Crippen MR) is 68.9 cm³/mol. The Morgan fingerprint density at radius 3 is 2.71 bits per heavy atom. The fraction of sp³-hybridized carbons (Fsp3) is 0.500. The van der Waals surface area contributed by atoms with Gasteiger partial charge in [0.15, 0.2) is 0 Å². The van der Waals surface area contributed by atoms with Gasteiger partial charge in [0.1, 0.15) is 0 Å². The van der Waals surface area contributed by atoms with Gasteiger partial charge in [-0.05, 0) is 37.8 Å². The number of benzene rings is 1. The van der Waals surface area contributed by atoms with E-state index >= 15 is 0 Å². The van der Waals surface area contributed by atoms with Crippen LogP contribution < -0.4 is 4.90 Å². The van der Waals surface area contributed by atoms with Gasteiger partial charge in [-0.2, -0.15) is 0 Å². The van der Waals surface area contributed by atoms with Crippen molar-refractivity contribution in [2.45, 2.75) is 38.6 Å². The molecule has 1 aliphatic heterocycles. The molecule has 92 valence electrons. The summed E-state index contributed by atoms with van der Waals surface area (Å²) < 4.78 is 0. The average Bonchev–Trinajstić information content (AvgIpc) is 2.24. The molecule has 3 heteroatoms. The molecule has 0 aliphatic carbocycles. The highest BCUT2D eigenvalue weighted by atomic mass is 16.4. The van der Waals surface area contributed by atoms with Crippen LogP contribution in [-0.4, -0.2) is 23.7 Å². The fourth-order valence-corrected chi connectivity index (χ4v) is 2.80. The molecule has 0 unspecified atom stereocenters. The van der Waals surface area contributed by atoms with Crippen LogP contribution in [0.4, 0.5) is 5.69 Å². The number of rotatable bonds is 1. The van der Waals surface area contributed by atoms with E-state index in [0.717, 1.165) is 17.7 Å². The molecule has 1 aromatic rings. The first-order valence-electron chi connectivity index (χ1n) is 5.94. The monoisotopic (exact) mass is 233 g/mol. The second kappa shape index (κ2) is 3.76. The number of carbonyl (C=O) groups is 1. The molecule has 1 heterocycles. The van der Waals surface area contributed by atoms with Crippen molar-refractivity contribution in [2.75, 3.05) is 11.9 Å². The van der Waals surface area contributed by atoms with Gasteiger partial charge in [0, 0.05) is 12.6 Å². The van der Waals surface area contributed by atoms with Gasteiger partial charge in [0.05, 0.1) is 11.3 Å². The maximum Gasteiger partial charge on any atom is 0.337 e. The highest BCUT2D eigenvalue weighted by Gasteiger charge is 2.36. The Labute approximate surface area is 102 Å². The van der Waals surface area contributed by atoms with E-state index in [-0.39, 0.29) is 5.54 Å². The SMILES string of the molecule is C[C@H]1CC(C)(C)N(C)c2c(C(=O)O)cccc21. The minimum atomic E-state index is -0.849. The van der Waals surface area contributed by atoms with Crippen molar-refractivity contribution in [1.29, 1.82) is 0 Å². The number of para-hydroxylation sites is 1. The van der Waals surface area contributed by atoms with Crippen molar-refractivity contribution >= 4 is 11.7 Å². The van der Waals surface area contributed by atoms with Crippen LogP contribution >= 0.6 is 0 Å². The lowest BCUT2D eigenvalue weighted by Gasteiger charge is -2.46. The van der Waals surface area contributed by atoms with E-state index in [1.54, 1.807) is 6.07 Å². The molecule has 0 saturated heterocycles. The molecule has 0 spiro atoms. The minimum Gasteiger partial charge on any atom is -0.478 e. The normalized spacial score (nSPS) is 22.1. The maximum atomic E-state index is 11.3. The van der Waals surface area contributed by atoms with E-state index in [1.807, 2.05) is 19.2 Å². The molecule has 0 amide bonds. The zero-order valence-electron chi connectivity index (χ0n) is 10.8. The minimum absolute atomic E-state index is 0.00201. The van der Waals surface area contributed by atoms with Gasteiger partial charge in [-0.15, -0.1) is 0 Å². The molecule has 0 bridgehead atoms. The summed E-state index contributed by atoms with van der Waals surface area (Å²) in [7, 11) is 1.98. The Balaban J connectivity index is 2.67. The summed E-state index contributed by atoms with van der Waals surface area (Å²) in [6, 6.07) is 5.56. The average molecular weight is 233 g/mol. The van der Waals surface area contributed by atoms with E-state index in [9.17, 15) is 9.90 Å². The van der Waals surface area contributed by atoms with Crippen LogP contribution in [0.15, 0.2) is 18.2 Å². The first-order valence-corrected chi connectivity index (χ1v) is 5.94. The Bertz CT molecular complexity index is 465. The summed E-state index contributed by atoms with van der Waals surface area (Å²) in [5, 5.41) is 9.29. The maximum absolute atomic E-state index is 11.3. The number of nitrogens with zero attached hydrogens (tertiary/aromatic N) is 1. The summed E-state index contributed by atoms with van der Waals surface area (Å²) in [6.07, 6.45) is 1.04. The van der Waals surface area contributed by atoms with E-state index in [4.69, 9.17) is 0 Å². The number of anilines is 1. The summed E-state index contributed by atoms with van der Waals surface area (Å²) in [6.45, 7) is 6.48. The van der Waals surface area contributed by atoms with Crippen molar-refractivity contribution in [3.05, 3.63) is 29.3 Å². The van der Waals surface area contributed by atoms with Gasteiger partial charge in [0.25, 0.3) is 0 Å². The quantitative estimate of drug-likeness (QED) is 0.810. The number of hydrogen-bond acceptors (Lipinski definition) is 2. The first-order chi connectivity index (χ1) is 7.84. The molecule has 0 saturated carbocycles. The third-order valence-corrected chi connectivity index (χ3v) is 3.88. The molecule has 17 heavy (non-hydrogen) atoms. The first kappa shape index (κ1) is 12.0. The molecule has 1 aromatic carbocycles. The van der Waals surface area contributed by atoms with Crippen LogP contribution in [0.25, 0.3) is 0 Å². The molecule has 1 atom stereocenters. The second-order valence-electron chi connectivity index (χ2n) is 5.53. The van der Waals surface area contributed by atoms with Gasteiger partial charge >= 0.3 is 5.97 Å². The van der Waals surface area contributed by atoms with Crippen LogP contribution in [0.1, 0.15) is 49.0 Å². The van der Waals surface area contributed by atoms with Crippen molar-refractivity contribution in [1.82, 2.24) is 0 Å². The zero-order valence-corrected chi connectivity index (χ0v) is 10.8. The molecule has 0 aromatic heterocycles. The topological polar surface area (TPSA) is 40.5 Å². The number of carboxylic acids is 1. The molecular weight excluding hydrogens is 214 g/mol. The summed E-state index contributed by atoms with van der Waals surface area (Å²) >= 11 is 0. The van der Waals surface area contributed by atoms with Gasteiger partial charge in [0.2, 0.25) is 0 Å². The van der Waals surface area contributed by atoms with Crippen LogP contribution in [-0.2, 0) is 0 Å². The Kier molecular flexibility index (Phi) is 2.64. The van der Waals surface area contributed by atoms with Gasteiger partial charge in [-0.1, -0.05) is 19.1 Å². The summed E-state index contributed by atoms with van der Waals surface area (Å²) in [4.78, 5) is 13.4. The molecular formula is C14H19NO2. The smallest absolute Gasteiger partial charge is 0.337 e. The van der Waals surface area contributed by atoms with Crippen LogP contribution in [0.5, 0.6) is 0 Å². The highest BCUT2D eigenvalue weighted by molar-refractivity contribution is 5.96. The van der Waals surface area contributed by atoms with Gasteiger partial charge < -0.3 is 10.0 Å². The molecule has 1 N–H and O–H groups in total. The molecule has 2 rings (SSSR count). The third kappa shape index (κ3) is 1.79. The third-order valence-electron chi connectivity index (χ3n) is 3.88. The zero-order chi connectivity index (χ0) is 12.8. The summed E-state index contributed by atoms with van der Waals surface area (Å²) in [5.74, 6) is -0.450. The van der Waals surface area contributed by atoms with E-state index in [0.29, 0.717) is 11.5 Å². The Hall–Kier alpha value is -1.51. The lowest BCUT2D eigenvalue weighted by molar-refractivity contribution is 0.0697. The lowest BCUT2D eigenvalue weighted by Crippen LogP contribution is -2.46. The number of carboxylic acid groups (broad SMARTS) is 1. The Morgan fingerprint density at radius 2 is 2.12 bits per heavy atom. The number of fused-ring (bicyclic) bond motifs is 1. The van der Waals surface area contributed by atoms with Crippen LogP contribution in [0.2, 0.25) is 0 Å². The molecule has 1 aliphatic rings. The fourth-order valence-electron chi connectivity index (χ4n) is 2.80. The van der Waals surface area contributed by atoms with Crippen LogP contribution in [0.3, 0.4) is 0 Å². The van der Waals surface area contributed by atoms with Gasteiger partial charge in [-0.25, -0.2) is 4.79 Å². The van der Waals surface area contributed by atoms with Crippen molar-refractivity contribution in [3.63, 3.8) is 0 Å². The highest BCUT2D eigenvalue weighted by Crippen LogP contribution is 2.43. The van der Waals surface area contributed by atoms with E-state index in [1.165, 1.54) is 0 Å². The standard InChI is InChI=1S/C14H19NO2/c1-9-8-14(2,3)15(4)12-10(9)6-5-7-11(12)13(16)17/h5-7,9H,8H2,1-4H3,(H,16,17)/t9-/m0/s1. The van der Waals surface area contributed by atoms with Crippen molar-refractivity contribution < 1.29 is 9.90 Å². The summed E-state index contributed by atoms with van der Waals surface area (Å²) in [5.41, 5.74) is 2.43. The molecule has 0 radical (unpaired) electrons. The molecule has 0 fully saturated rings. The number of hydrogen-bond donors (Lipinski definition) is 1. The Morgan fingerprint density at radius 1 is 1.47 bits per heavy atom. The van der Waals surface area contributed by atoms with Crippen LogP contribution in [0, 0.1) is 0 Å². The largest absolute Gasteiger partial charge is 0.478 e. The second-order valence-corrected chi connectivity index (χ2v) is 5.53. The predicted octanol–water partition coefficient (Wildman–Crippen LogP) is 3.11. The van der Waals surface area contributed by atoms with Crippen molar-refractivity contribution in [2.24, 2.45) is 0 Å².